The minimum absolute atomic E-state index is 0.0549. The molecule has 196 valence electrons. The van der Waals surface area contributed by atoms with Gasteiger partial charge in [0.1, 0.15) is 11.9 Å². The summed E-state index contributed by atoms with van der Waals surface area (Å²) in [6, 6.07) is 6.76. The van der Waals surface area contributed by atoms with Crippen molar-refractivity contribution >= 4 is 27.2 Å². The van der Waals surface area contributed by atoms with Crippen LogP contribution in [0.1, 0.15) is 39.2 Å². The van der Waals surface area contributed by atoms with Gasteiger partial charge in [-0.1, -0.05) is 0 Å². The van der Waals surface area contributed by atoms with Crippen molar-refractivity contribution in [1.82, 2.24) is 24.8 Å². The van der Waals surface area contributed by atoms with E-state index in [4.69, 9.17) is 15.9 Å². The van der Waals surface area contributed by atoms with Gasteiger partial charge in [-0.2, -0.15) is 13.4 Å². The average Bonchev–Trinajstić information content (AvgIpc) is 2.84. The van der Waals surface area contributed by atoms with Crippen LogP contribution in [-0.2, 0) is 10.0 Å². The van der Waals surface area contributed by atoms with Gasteiger partial charge in [-0.3, -0.25) is 4.72 Å². The van der Waals surface area contributed by atoms with Gasteiger partial charge in [0, 0.05) is 36.1 Å². The molecule has 0 amide bonds. The van der Waals surface area contributed by atoms with Crippen LogP contribution < -0.4 is 15.2 Å². The van der Waals surface area contributed by atoms with E-state index in [2.05, 4.69) is 43.4 Å². The second kappa shape index (κ2) is 10.7. The highest BCUT2D eigenvalue weighted by molar-refractivity contribution is 7.92. The number of nitrogens with two attached hydrogens (primary N) is 1. The maximum absolute atomic E-state index is 13.0. The number of hydrogen-bond donors (Lipinski definition) is 3. The lowest BCUT2D eigenvalue weighted by Crippen LogP contribution is -2.42. The highest BCUT2D eigenvalue weighted by Crippen LogP contribution is 2.29. The first kappa shape index (κ1) is 26.4. The summed E-state index contributed by atoms with van der Waals surface area (Å²) in [5.41, 5.74) is 7.57. The van der Waals surface area contributed by atoms with Crippen LogP contribution in [0.5, 0.6) is 5.88 Å². The monoisotopic (exact) mass is 528 g/mol. The molecule has 37 heavy (non-hydrogen) atoms. The van der Waals surface area contributed by atoms with Crippen molar-refractivity contribution in [2.24, 2.45) is 0 Å². The number of anilines is 2. The van der Waals surface area contributed by atoms with Crippen molar-refractivity contribution < 1.29 is 17.5 Å². The molecule has 0 spiro atoms. The van der Waals surface area contributed by atoms with E-state index in [1.165, 1.54) is 12.1 Å². The number of ether oxygens (including phenoxy) is 1. The smallest absolute Gasteiger partial charge is 0.297 e. The zero-order chi connectivity index (χ0) is 26.7. The summed E-state index contributed by atoms with van der Waals surface area (Å²) in [6.07, 6.45) is 3.17. The summed E-state index contributed by atoms with van der Waals surface area (Å²) in [5, 5.41) is 7.60. The van der Waals surface area contributed by atoms with Crippen LogP contribution in [0, 0.1) is 11.2 Å². The van der Waals surface area contributed by atoms with Gasteiger partial charge in [-0.05, 0) is 57.9 Å². The molecule has 0 saturated carbocycles. The van der Waals surface area contributed by atoms with Gasteiger partial charge in [0.25, 0.3) is 15.2 Å². The number of hydrogen-bond acceptors (Lipinski definition) is 10. The Morgan fingerprint density at radius 1 is 1.16 bits per heavy atom. The van der Waals surface area contributed by atoms with Crippen LogP contribution in [0.2, 0.25) is 0 Å². The number of likely N-dealkylation sites (tertiary alicyclic amines) is 1. The van der Waals surface area contributed by atoms with E-state index in [0.29, 0.717) is 17.2 Å². The number of benzene rings is 1. The van der Waals surface area contributed by atoms with Crippen LogP contribution >= 0.6 is 0 Å². The lowest BCUT2D eigenvalue weighted by Gasteiger charge is -2.34. The predicted octanol–water partition coefficient (Wildman–Crippen LogP) is 3.10. The van der Waals surface area contributed by atoms with Crippen molar-refractivity contribution in [3.63, 3.8) is 0 Å². The van der Waals surface area contributed by atoms with Gasteiger partial charge in [-0.25, -0.2) is 19.3 Å². The van der Waals surface area contributed by atoms with Gasteiger partial charge in [0.15, 0.2) is 11.6 Å². The Bertz CT molecular complexity index is 1370. The fourth-order valence-corrected chi connectivity index (χ4v) is 4.94. The fourth-order valence-electron chi connectivity index (χ4n) is 4.02. The van der Waals surface area contributed by atoms with Crippen molar-refractivity contribution in [2.45, 2.75) is 50.9 Å². The molecule has 0 atom stereocenters. The van der Waals surface area contributed by atoms with Crippen molar-refractivity contribution in [3.05, 3.63) is 48.0 Å². The van der Waals surface area contributed by atoms with E-state index in [1.54, 1.807) is 19.1 Å². The first-order chi connectivity index (χ1) is 17.5. The molecule has 1 fully saturated rings. The molecule has 0 aliphatic carbocycles. The van der Waals surface area contributed by atoms with Crippen LogP contribution in [-0.4, -0.2) is 64.2 Å². The van der Waals surface area contributed by atoms with Crippen LogP contribution in [0.4, 0.5) is 15.9 Å². The Labute approximate surface area is 214 Å². The minimum atomic E-state index is -4.10. The zero-order valence-electron chi connectivity index (χ0n) is 20.8. The van der Waals surface area contributed by atoms with Crippen molar-refractivity contribution in [1.29, 1.82) is 5.41 Å². The highest BCUT2D eigenvalue weighted by Gasteiger charge is 2.25. The lowest BCUT2D eigenvalue weighted by molar-refractivity contribution is 0.0812. The van der Waals surface area contributed by atoms with E-state index in [9.17, 15) is 12.8 Å². The summed E-state index contributed by atoms with van der Waals surface area (Å²) in [7, 11) is -4.10. The number of rotatable bonds is 8. The number of piperidine rings is 1. The maximum atomic E-state index is 13.0. The predicted molar refractivity (Wildman–Crippen MR) is 138 cm³/mol. The molecule has 1 aromatic carbocycles. The second-order valence-corrected chi connectivity index (χ2v) is 10.6. The number of halogens is 1. The summed E-state index contributed by atoms with van der Waals surface area (Å²) < 4.78 is 46.5. The summed E-state index contributed by atoms with van der Waals surface area (Å²) in [4.78, 5) is 18.3. The molecule has 4 N–H and O–H groups in total. The molecule has 0 radical (unpaired) electrons. The van der Waals surface area contributed by atoms with Crippen molar-refractivity contribution in [3.8, 4) is 17.3 Å². The lowest BCUT2D eigenvalue weighted by atomic mass is 10.1. The van der Waals surface area contributed by atoms with Crippen molar-refractivity contribution in [2.75, 3.05) is 23.5 Å². The van der Waals surface area contributed by atoms with E-state index in [1.807, 2.05) is 0 Å². The third-order valence-electron chi connectivity index (χ3n) is 6.00. The first-order valence-electron chi connectivity index (χ1n) is 11.8. The van der Waals surface area contributed by atoms with Crippen LogP contribution in [0.15, 0.2) is 41.8 Å². The fraction of sp³-hybridized carbons (Fsp3) is 0.375. The van der Waals surface area contributed by atoms with E-state index >= 15 is 0 Å². The SMILES string of the molecule is CC(=N)c1c(N)nc(-c2ccc(NS(=O)(=O)c3ncc(F)cn3)cc2)nc1OC1CCN(C(C)C)CC1. The topological polar surface area (TPSA) is 160 Å². The molecule has 0 unspecified atom stereocenters. The molecule has 1 aliphatic rings. The largest absolute Gasteiger partial charge is 0.474 e. The highest BCUT2D eigenvalue weighted by atomic mass is 32.2. The van der Waals surface area contributed by atoms with Gasteiger partial charge in [0.05, 0.1) is 18.0 Å². The average molecular weight is 529 g/mol. The Balaban J connectivity index is 1.55. The van der Waals surface area contributed by atoms with E-state index in [-0.39, 0.29) is 35.0 Å². The Hall–Kier alpha value is -3.71. The number of sulfonamides is 1. The Morgan fingerprint density at radius 3 is 2.35 bits per heavy atom. The number of aromatic nitrogens is 4. The molecule has 1 aliphatic heterocycles. The molecule has 11 nitrogen and oxygen atoms in total. The molecular formula is C24H29FN8O3S. The Kier molecular flexibility index (Phi) is 7.64. The maximum Gasteiger partial charge on any atom is 0.297 e. The third kappa shape index (κ3) is 6.17. The quantitative estimate of drug-likeness (QED) is 0.295. The van der Waals surface area contributed by atoms with Gasteiger partial charge in [-0.15, -0.1) is 0 Å². The molecule has 3 heterocycles. The standard InChI is InChI=1S/C24H29FN8O3S/c1-14(2)33-10-8-19(9-11-33)36-23-20(15(3)26)21(27)30-22(31-23)16-4-6-18(7-5-16)32-37(34,35)24-28-12-17(25)13-29-24/h4-7,12-14,19,26,32H,8-11H2,1-3H3,(H2,27,30,31). The summed E-state index contributed by atoms with van der Waals surface area (Å²) >= 11 is 0. The molecule has 13 heteroatoms. The molecule has 2 aromatic heterocycles. The Morgan fingerprint density at radius 2 is 1.78 bits per heavy atom. The molecular weight excluding hydrogens is 499 g/mol. The number of nitrogens with zero attached hydrogens (tertiary/aromatic N) is 5. The zero-order valence-corrected chi connectivity index (χ0v) is 21.6. The second-order valence-electron chi connectivity index (χ2n) is 9.05. The minimum Gasteiger partial charge on any atom is -0.474 e. The van der Waals surface area contributed by atoms with E-state index in [0.717, 1.165) is 38.3 Å². The van der Waals surface area contributed by atoms with E-state index < -0.39 is 21.0 Å². The normalized spacial score (nSPS) is 15.1. The number of nitrogen functional groups attached to an aromatic ring is 1. The van der Waals surface area contributed by atoms with Crippen LogP contribution in [0.3, 0.4) is 0 Å². The number of nitrogens with one attached hydrogen (secondary N) is 2. The van der Waals surface area contributed by atoms with Gasteiger partial charge < -0.3 is 20.8 Å². The van der Waals surface area contributed by atoms with Gasteiger partial charge in [0.2, 0.25) is 5.88 Å². The third-order valence-corrected chi connectivity index (χ3v) is 7.19. The first-order valence-corrected chi connectivity index (χ1v) is 13.3. The van der Waals surface area contributed by atoms with Crippen LogP contribution in [0.25, 0.3) is 11.4 Å². The molecule has 4 rings (SSSR count). The summed E-state index contributed by atoms with van der Waals surface area (Å²) in [5.74, 6) is -0.0637. The van der Waals surface area contributed by atoms with Gasteiger partial charge >= 0.3 is 0 Å². The molecule has 1 saturated heterocycles. The summed E-state index contributed by atoms with van der Waals surface area (Å²) in [6.45, 7) is 7.77. The molecule has 3 aromatic rings. The molecule has 0 bridgehead atoms.